The Bertz CT molecular complexity index is 1740. The van der Waals surface area contributed by atoms with Gasteiger partial charge in [-0.3, -0.25) is 0 Å². The van der Waals surface area contributed by atoms with Crippen molar-refractivity contribution in [2.45, 2.75) is 506 Å². The van der Waals surface area contributed by atoms with Crippen LogP contribution < -0.4 is 0 Å². The maximum Gasteiger partial charge on any atom is -0.0297 e. The molecule has 0 radical (unpaired) electrons. The summed E-state index contributed by atoms with van der Waals surface area (Å²) in [6.07, 6.45) is 77.9. The lowest BCUT2D eigenvalue weighted by Gasteiger charge is -2.49. The fourth-order valence-electron chi connectivity index (χ4n) is 21.0. The summed E-state index contributed by atoms with van der Waals surface area (Å²) in [7, 11) is 0. The highest BCUT2D eigenvalue weighted by Crippen LogP contribution is 2.55. The zero-order valence-corrected chi connectivity index (χ0v) is 69.1. The maximum absolute atomic E-state index is 2.46. The Morgan fingerprint density at radius 2 is 0.380 bits per heavy atom. The third-order valence-electron chi connectivity index (χ3n) is 27.4. The van der Waals surface area contributed by atoms with Crippen LogP contribution >= 0.6 is 0 Å². The van der Waals surface area contributed by atoms with Gasteiger partial charge in [-0.1, -0.05) is 346 Å². The highest BCUT2D eigenvalue weighted by Gasteiger charge is 2.43. The first-order valence-corrected chi connectivity index (χ1v) is 42.5. The van der Waals surface area contributed by atoms with Crippen LogP contribution in [0.15, 0.2) is 0 Å². The Hall–Kier alpha value is 0. The molecule has 10 saturated carbocycles. The lowest BCUT2D eigenvalue weighted by atomic mass is 9.56. The first-order chi connectivity index (χ1) is 42.5. The van der Waals surface area contributed by atoms with E-state index in [0.29, 0.717) is 59.6 Å². The van der Waals surface area contributed by atoms with Crippen molar-refractivity contribution in [2.75, 3.05) is 0 Å². The van der Waals surface area contributed by atoms with Crippen LogP contribution in [-0.4, -0.2) is 0 Å². The molecule has 0 saturated heterocycles. The average molecular weight is 1290 g/mol. The predicted molar refractivity (Wildman–Crippen MR) is 419 cm³/mol. The van der Waals surface area contributed by atoms with Gasteiger partial charge in [0, 0.05) is 0 Å². The molecule has 1 spiro atoms. The Kier molecular flexibility index (Phi) is 36.8. The fraction of sp³-hybridized carbons (Fsp3) is 1.00. The summed E-state index contributed by atoms with van der Waals surface area (Å²) < 4.78 is 0. The molecule has 2 atom stereocenters. The van der Waals surface area contributed by atoms with Crippen LogP contribution in [0.4, 0.5) is 0 Å². The van der Waals surface area contributed by atoms with Crippen molar-refractivity contribution >= 4 is 0 Å². The normalized spacial score (nSPS) is 30.3. The van der Waals surface area contributed by atoms with Gasteiger partial charge in [0.2, 0.25) is 0 Å². The summed E-state index contributed by atoms with van der Waals surface area (Å²) in [6, 6.07) is 0. The van der Waals surface area contributed by atoms with Crippen molar-refractivity contribution in [3.8, 4) is 0 Å². The number of hydrogen-bond donors (Lipinski definition) is 0. The minimum Gasteiger partial charge on any atom is -0.0649 e. The molecule has 0 aromatic rings. The molecule has 0 nitrogen and oxygen atoms in total. The molecule has 10 fully saturated rings. The molecule has 10 aliphatic rings. The molecule has 0 heterocycles. The van der Waals surface area contributed by atoms with Gasteiger partial charge >= 0.3 is 0 Å². The van der Waals surface area contributed by atoms with E-state index in [1.165, 1.54) is 327 Å². The quantitative estimate of drug-likeness (QED) is 0.242. The Morgan fingerprint density at radius 3 is 0.630 bits per heavy atom. The first-order valence-electron chi connectivity index (χ1n) is 42.5. The SMILES string of the molecule is CC1(C)CC(C)(C)CC(C)(C)C1.CC1(C)CC2CCCCC2C1.CC1(C)CCC(C)(C)CC1.CC1(C)CCC2(CCCCC2)CC1.CC1(C)CCCCCC1.CC1(C)CCCCCCCC1.CC1(C)CCCCCCCCCCC1.CCC1(CC)CCC(C)(C)CC1. The van der Waals surface area contributed by atoms with Crippen LogP contribution in [0, 0.1) is 82.2 Å². The zero-order chi connectivity index (χ0) is 69.1. The second-order valence-corrected chi connectivity index (χ2v) is 44.0. The van der Waals surface area contributed by atoms with Crippen LogP contribution in [0.1, 0.15) is 506 Å². The van der Waals surface area contributed by atoms with Gasteiger partial charge < -0.3 is 0 Å². The highest BCUT2D eigenvalue weighted by molar-refractivity contribution is 4.95. The molecule has 548 valence electrons. The third-order valence-corrected chi connectivity index (χ3v) is 27.4. The van der Waals surface area contributed by atoms with Crippen molar-refractivity contribution in [2.24, 2.45) is 82.2 Å². The molecule has 0 N–H and O–H groups in total. The number of hydrogen-bond acceptors (Lipinski definition) is 0. The Balaban J connectivity index is 0.000000275. The van der Waals surface area contributed by atoms with Crippen molar-refractivity contribution in [3.05, 3.63) is 0 Å². The molecule has 2 unspecified atom stereocenters. The predicted octanol–water partition coefficient (Wildman–Crippen LogP) is 33.2. The van der Waals surface area contributed by atoms with Gasteiger partial charge in [0.25, 0.3) is 0 Å². The highest BCUT2D eigenvalue weighted by atomic mass is 14.5. The zero-order valence-electron chi connectivity index (χ0n) is 69.1. The molecule has 0 aliphatic heterocycles. The smallest absolute Gasteiger partial charge is 0.0297 e. The van der Waals surface area contributed by atoms with E-state index in [1.54, 1.807) is 12.8 Å². The third kappa shape index (κ3) is 38.0. The molecule has 0 aromatic carbocycles. The van der Waals surface area contributed by atoms with Gasteiger partial charge in [-0.15, -0.1) is 0 Å². The van der Waals surface area contributed by atoms with E-state index in [9.17, 15) is 0 Å². The van der Waals surface area contributed by atoms with Crippen LogP contribution in [0.2, 0.25) is 0 Å². The van der Waals surface area contributed by atoms with Crippen LogP contribution in [-0.2, 0) is 0 Å². The molecular weight excluding hydrogens is 1110 g/mol. The molecule has 0 bridgehead atoms. The molecule has 10 rings (SSSR count). The van der Waals surface area contributed by atoms with Gasteiger partial charge in [-0.2, -0.15) is 0 Å². The monoisotopic (exact) mass is 1290 g/mol. The van der Waals surface area contributed by atoms with E-state index in [1.807, 2.05) is 0 Å². The van der Waals surface area contributed by atoms with Crippen LogP contribution in [0.25, 0.3) is 0 Å². The molecule has 0 amide bonds. The molecule has 0 heteroatoms. The van der Waals surface area contributed by atoms with E-state index in [-0.39, 0.29) is 0 Å². The fourth-order valence-corrected chi connectivity index (χ4v) is 21.0. The topological polar surface area (TPSA) is 0 Å². The van der Waals surface area contributed by atoms with Crippen LogP contribution in [0.3, 0.4) is 0 Å². The minimum absolute atomic E-state index is 0.547. The van der Waals surface area contributed by atoms with E-state index in [0.717, 1.165) is 22.7 Å². The minimum atomic E-state index is 0.547. The lowest BCUT2D eigenvalue weighted by molar-refractivity contribution is 0.0203. The van der Waals surface area contributed by atoms with E-state index in [4.69, 9.17) is 0 Å². The van der Waals surface area contributed by atoms with E-state index >= 15 is 0 Å². The summed E-state index contributed by atoms with van der Waals surface area (Å²) in [5.41, 5.74) is 8.34. The van der Waals surface area contributed by atoms with Gasteiger partial charge in [0.05, 0.1) is 0 Å². The second-order valence-electron chi connectivity index (χ2n) is 44.0. The Labute approximate surface area is 585 Å². The van der Waals surface area contributed by atoms with Crippen molar-refractivity contribution in [1.29, 1.82) is 0 Å². The standard InChI is InChI=1S/C14H28.C13H24.2C12H24.C11H20.C11H22.C10H20.C9H18/c1-14(2)12-10-8-6-4-3-5-7-9-11-13-14;1-12(2)8-10-13(11-9-12)6-4-3-5-7-13;1-10(2)7-11(3,4)9-12(5,6)8-10;1-5-12(6-2)9-7-11(3,4)8-10-12;1-11(2)7-9-5-3-4-6-10(9)8-11;1-11(2)9-7-5-3-4-6-8-10-11;1-9(2)5-7-10(3,4)8-6-9;1-9(2)7-5-3-4-6-8-9/h3-13H2,1-2H3;3-11H2,1-2H3;7-9H2,1-6H3;5-10H2,1-4H3;9-10H,3-8H2,1-2H3;3-10H2,1-2H3;5-8H2,1-4H3;3-8H2,1-2H3. The largest absolute Gasteiger partial charge is 0.0649 e. The number of rotatable bonds is 2. The summed E-state index contributed by atoms with van der Waals surface area (Å²) in [5.74, 6) is 2.22. The molecule has 92 heavy (non-hydrogen) atoms. The summed E-state index contributed by atoms with van der Waals surface area (Å²) >= 11 is 0. The molecular formula is C92H180. The Morgan fingerprint density at radius 1 is 0.185 bits per heavy atom. The van der Waals surface area contributed by atoms with Gasteiger partial charge in [0.1, 0.15) is 0 Å². The van der Waals surface area contributed by atoms with Crippen molar-refractivity contribution in [1.82, 2.24) is 0 Å². The van der Waals surface area contributed by atoms with E-state index in [2.05, 4.69) is 166 Å². The lowest BCUT2D eigenvalue weighted by Crippen LogP contribution is -2.38. The van der Waals surface area contributed by atoms with Gasteiger partial charge in [-0.05, 0) is 243 Å². The second kappa shape index (κ2) is 39.3. The molecule has 0 aromatic heterocycles. The molecule has 10 aliphatic carbocycles. The van der Waals surface area contributed by atoms with Crippen molar-refractivity contribution in [3.63, 3.8) is 0 Å². The van der Waals surface area contributed by atoms with Crippen LogP contribution in [0.5, 0.6) is 0 Å². The summed E-state index contributed by atoms with van der Waals surface area (Å²) in [6.45, 7) is 58.0. The maximum atomic E-state index is 2.46. The van der Waals surface area contributed by atoms with E-state index < -0.39 is 0 Å². The summed E-state index contributed by atoms with van der Waals surface area (Å²) in [5, 5.41) is 0. The van der Waals surface area contributed by atoms with Crippen molar-refractivity contribution < 1.29 is 0 Å². The first kappa shape index (κ1) is 86.2. The van der Waals surface area contributed by atoms with Gasteiger partial charge in [0.15, 0.2) is 0 Å². The summed E-state index contributed by atoms with van der Waals surface area (Å²) in [4.78, 5) is 0. The number of fused-ring (bicyclic) bond motifs is 1. The van der Waals surface area contributed by atoms with Gasteiger partial charge in [-0.25, -0.2) is 0 Å². The average Bonchev–Trinajstić information content (AvgIpc) is 0.923.